The molecule has 0 aliphatic rings. The van der Waals surface area contributed by atoms with Gasteiger partial charge in [-0.25, -0.2) is 8.42 Å². The highest BCUT2D eigenvalue weighted by Crippen LogP contribution is 1.97. The van der Waals surface area contributed by atoms with Crippen LogP contribution < -0.4 is 5.32 Å². The van der Waals surface area contributed by atoms with Crippen molar-refractivity contribution in [3.8, 4) is 0 Å². The number of rotatable bonds is 6. The molecule has 0 spiro atoms. The van der Waals surface area contributed by atoms with Crippen LogP contribution in [0.3, 0.4) is 0 Å². The van der Waals surface area contributed by atoms with E-state index in [9.17, 15) is 8.42 Å². The van der Waals surface area contributed by atoms with Gasteiger partial charge >= 0.3 is 0 Å². The van der Waals surface area contributed by atoms with E-state index in [0.717, 1.165) is 0 Å². The van der Waals surface area contributed by atoms with Crippen LogP contribution >= 0.6 is 11.6 Å². The molecule has 0 rings (SSSR count). The number of halogens is 1. The summed E-state index contributed by atoms with van der Waals surface area (Å²) < 4.78 is 22.3. The van der Waals surface area contributed by atoms with Gasteiger partial charge in [0.2, 0.25) is 0 Å². The molecule has 3 nitrogen and oxygen atoms in total. The lowest BCUT2D eigenvalue weighted by molar-refractivity contribution is 0.572. The van der Waals surface area contributed by atoms with E-state index in [2.05, 4.69) is 11.9 Å². The predicted molar refractivity (Wildman–Crippen MR) is 56.8 cm³/mol. The van der Waals surface area contributed by atoms with E-state index >= 15 is 0 Å². The molecule has 0 amide bonds. The Morgan fingerprint density at radius 1 is 1.62 bits per heavy atom. The monoisotopic (exact) mass is 225 g/mol. The Morgan fingerprint density at radius 3 is 2.54 bits per heavy atom. The first-order valence-electron chi connectivity index (χ1n) is 4.14. The van der Waals surface area contributed by atoms with Crippen LogP contribution in [0.25, 0.3) is 0 Å². The fourth-order valence-electron chi connectivity index (χ4n) is 0.843. The van der Waals surface area contributed by atoms with Gasteiger partial charge in [-0.1, -0.05) is 25.1 Å². The normalized spacial score (nSPS) is 14.1. The standard InChI is InChI=1S/C8H16ClNO2S/c1-4-13(11,12)6-8(3)10-5-7(2)9/h8,10H,2,4-6H2,1,3H3. The topological polar surface area (TPSA) is 46.2 Å². The average Bonchev–Trinajstić information content (AvgIpc) is 2.00. The van der Waals surface area contributed by atoms with E-state index < -0.39 is 9.84 Å². The number of hydrogen-bond donors (Lipinski definition) is 1. The Balaban J connectivity index is 3.88. The van der Waals surface area contributed by atoms with E-state index in [0.29, 0.717) is 11.6 Å². The molecule has 0 aromatic carbocycles. The van der Waals surface area contributed by atoms with Crippen molar-refractivity contribution in [1.82, 2.24) is 5.32 Å². The van der Waals surface area contributed by atoms with Gasteiger partial charge in [-0.05, 0) is 6.92 Å². The van der Waals surface area contributed by atoms with Crippen molar-refractivity contribution in [2.45, 2.75) is 19.9 Å². The molecule has 13 heavy (non-hydrogen) atoms. The zero-order valence-electron chi connectivity index (χ0n) is 8.01. The fraction of sp³-hybridized carbons (Fsp3) is 0.750. The van der Waals surface area contributed by atoms with E-state index in [1.165, 1.54) is 0 Å². The molecule has 0 aliphatic carbocycles. The summed E-state index contributed by atoms with van der Waals surface area (Å²) in [4.78, 5) is 0. The molecule has 0 bridgehead atoms. The largest absolute Gasteiger partial charge is 0.308 e. The summed E-state index contributed by atoms with van der Waals surface area (Å²) in [6.45, 7) is 7.40. The first-order valence-corrected chi connectivity index (χ1v) is 6.34. The van der Waals surface area contributed by atoms with Crippen molar-refractivity contribution >= 4 is 21.4 Å². The molecule has 5 heteroatoms. The van der Waals surface area contributed by atoms with Gasteiger partial charge in [-0.2, -0.15) is 0 Å². The lowest BCUT2D eigenvalue weighted by Gasteiger charge is -2.12. The molecule has 0 aromatic rings. The highest BCUT2D eigenvalue weighted by atomic mass is 35.5. The predicted octanol–water partition coefficient (Wildman–Crippen LogP) is 1.15. The molecule has 0 saturated heterocycles. The Bertz CT molecular complexity index is 261. The molecule has 0 radical (unpaired) electrons. The van der Waals surface area contributed by atoms with E-state index in [-0.39, 0.29) is 17.5 Å². The molecular weight excluding hydrogens is 210 g/mol. The SMILES string of the molecule is C=C(Cl)CNC(C)CS(=O)(=O)CC. The molecule has 1 N–H and O–H groups in total. The maximum Gasteiger partial charge on any atom is 0.151 e. The molecule has 0 aromatic heterocycles. The summed E-state index contributed by atoms with van der Waals surface area (Å²) in [6, 6.07) is -0.0829. The smallest absolute Gasteiger partial charge is 0.151 e. The summed E-state index contributed by atoms with van der Waals surface area (Å²) >= 11 is 5.52. The van der Waals surface area contributed by atoms with Gasteiger partial charge in [0, 0.05) is 23.4 Å². The summed E-state index contributed by atoms with van der Waals surface area (Å²) in [7, 11) is -2.90. The minimum absolute atomic E-state index is 0.0829. The van der Waals surface area contributed by atoms with E-state index in [4.69, 9.17) is 11.6 Å². The molecule has 1 unspecified atom stereocenters. The van der Waals surface area contributed by atoms with Crippen molar-refractivity contribution in [3.63, 3.8) is 0 Å². The van der Waals surface area contributed by atoms with Crippen molar-refractivity contribution in [1.29, 1.82) is 0 Å². The molecular formula is C8H16ClNO2S. The van der Waals surface area contributed by atoms with Gasteiger partial charge in [-0.3, -0.25) is 0 Å². The average molecular weight is 226 g/mol. The zero-order chi connectivity index (χ0) is 10.5. The van der Waals surface area contributed by atoms with Crippen LogP contribution in [0.5, 0.6) is 0 Å². The second-order valence-electron chi connectivity index (χ2n) is 3.00. The summed E-state index contributed by atoms with van der Waals surface area (Å²) in [5, 5.41) is 3.45. The van der Waals surface area contributed by atoms with Gasteiger partial charge in [-0.15, -0.1) is 0 Å². The molecule has 1 atom stereocenters. The third-order valence-electron chi connectivity index (χ3n) is 1.59. The molecule has 78 valence electrons. The second-order valence-corrected chi connectivity index (χ2v) is 5.93. The molecule has 0 saturated carbocycles. The highest BCUT2D eigenvalue weighted by Gasteiger charge is 2.12. The third kappa shape index (κ3) is 7.05. The molecule has 0 heterocycles. The zero-order valence-corrected chi connectivity index (χ0v) is 9.58. The van der Waals surface area contributed by atoms with Crippen LogP contribution in [0.4, 0.5) is 0 Å². The van der Waals surface area contributed by atoms with Gasteiger partial charge < -0.3 is 5.32 Å². The minimum Gasteiger partial charge on any atom is -0.308 e. The van der Waals surface area contributed by atoms with Crippen molar-refractivity contribution in [2.24, 2.45) is 0 Å². The van der Waals surface area contributed by atoms with Crippen LogP contribution in [-0.2, 0) is 9.84 Å². The van der Waals surface area contributed by atoms with Crippen LogP contribution in [-0.4, -0.2) is 32.5 Å². The van der Waals surface area contributed by atoms with Crippen LogP contribution in [0, 0.1) is 0 Å². The number of nitrogens with one attached hydrogen (secondary N) is 1. The Kier molecular flexibility index (Phi) is 5.60. The summed E-state index contributed by atoms with van der Waals surface area (Å²) in [5.41, 5.74) is 0. The highest BCUT2D eigenvalue weighted by molar-refractivity contribution is 7.91. The Labute approximate surface area is 85.1 Å². The quantitative estimate of drug-likeness (QED) is 0.738. The van der Waals surface area contributed by atoms with Crippen molar-refractivity contribution in [3.05, 3.63) is 11.6 Å². The van der Waals surface area contributed by atoms with Gasteiger partial charge in [0.25, 0.3) is 0 Å². The number of hydrogen-bond acceptors (Lipinski definition) is 3. The maximum absolute atomic E-state index is 11.2. The van der Waals surface area contributed by atoms with Gasteiger partial charge in [0.05, 0.1) is 5.75 Å². The van der Waals surface area contributed by atoms with Crippen molar-refractivity contribution < 1.29 is 8.42 Å². The fourth-order valence-corrected chi connectivity index (χ4v) is 2.04. The maximum atomic E-state index is 11.2. The summed E-state index contributed by atoms with van der Waals surface area (Å²) in [6.07, 6.45) is 0. The lowest BCUT2D eigenvalue weighted by atomic mass is 10.4. The van der Waals surface area contributed by atoms with Crippen LogP contribution in [0.2, 0.25) is 0 Å². The van der Waals surface area contributed by atoms with Crippen molar-refractivity contribution in [2.75, 3.05) is 18.1 Å². The van der Waals surface area contributed by atoms with Gasteiger partial charge in [0.1, 0.15) is 0 Å². The van der Waals surface area contributed by atoms with E-state index in [1.54, 1.807) is 6.92 Å². The first kappa shape index (κ1) is 12.9. The number of sulfone groups is 1. The lowest BCUT2D eigenvalue weighted by Crippen LogP contribution is -2.34. The first-order chi connectivity index (χ1) is 5.87. The second kappa shape index (κ2) is 5.62. The summed E-state index contributed by atoms with van der Waals surface area (Å²) in [5.74, 6) is 0.328. The minimum atomic E-state index is -2.90. The molecule has 0 aliphatic heterocycles. The third-order valence-corrected chi connectivity index (χ3v) is 3.61. The van der Waals surface area contributed by atoms with E-state index in [1.807, 2.05) is 6.92 Å². The van der Waals surface area contributed by atoms with Crippen LogP contribution in [0.15, 0.2) is 11.6 Å². The molecule has 0 fully saturated rings. The van der Waals surface area contributed by atoms with Crippen LogP contribution in [0.1, 0.15) is 13.8 Å². The Hall–Kier alpha value is -0.0600. The van der Waals surface area contributed by atoms with Gasteiger partial charge in [0.15, 0.2) is 9.84 Å². The Morgan fingerprint density at radius 2 is 2.15 bits per heavy atom.